The lowest BCUT2D eigenvalue weighted by Gasteiger charge is -2.25. The van der Waals surface area contributed by atoms with Gasteiger partial charge in [0.1, 0.15) is 6.04 Å². The lowest BCUT2D eigenvalue weighted by atomic mass is 10.2. The Kier molecular flexibility index (Phi) is 4.71. The number of non-ortho nitro benzene ring substituents is 1. The quantitative estimate of drug-likeness (QED) is 0.632. The van der Waals surface area contributed by atoms with Crippen molar-refractivity contribution in [1.29, 1.82) is 0 Å². The molecule has 1 aromatic rings. The lowest BCUT2D eigenvalue weighted by Crippen LogP contribution is -2.48. The molecule has 1 aromatic carbocycles. The number of benzene rings is 1. The zero-order valence-electron chi connectivity index (χ0n) is 12.2. The normalized spacial score (nSPS) is 18.8. The first-order chi connectivity index (χ1) is 10.4. The summed E-state index contributed by atoms with van der Waals surface area (Å²) in [5, 5.41) is 13.3. The van der Waals surface area contributed by atoms with Crippen LogP contribution in [0.15, 0.2) is 24.3 Å². The first kappa shape index (κ1) is 15.9. The fourth-order valence-corrected chi connectivity index (χ4v) is 2.46. The number of nitrogens with zero attached hydrogens (tertiary/aromatic N) is 2. The number of nitrogens with two attached hydrogens (primary N) is 1. The number of hydrogen-bond donors (Lipinski definition) is 2. The maximum atomic E-state index is 12.3. The number of nitro benzene ring substituents is 1. The molecule has 22 heavy (non-hydrogen) atoms. The SMILES string of the molecule is CC(N)C(=O)N1CCCC1C(=O)Nc1ccc([N+](=O)[O-])cc1. The minimum Gasteiger partial charge on any atom is -0.329 e. The number of amides is 2. The van der Waals surface area contributed by atoms with Gasteiger partial charge in [-0.15, -0.1) is 0 Å². The Hall–Kier alpha value is -2.48. The molecule has 0 aliphatic carbocycles. The number of nitrogens with one attached hydrogen (secondary N) is 1. The molecule has 0 bridgehead atoms. The number of hydrogen-bond acceptors (Lipinski definition) is 5. The van der Waals surface area contributed by atoms with Gasteiger partial charge in [-0.05, 0) is 31.9 Å². The van der Waals surface area contributed by atoms with Gasteiger partial charge in [-0.2, -0.15) is 0 Å². The van der Waals surface area contributed by atoms with E-state index < -0.39 is 17.0 Å². The molecule has 0 radical (unpaired) electrons. The Labute approximate surface area is 127 Å². The molecule has 0 aromatic heterocycles. The van der Waals surface area contributed by atoms with E-state index in [1.165, 1.54) is 29.2 Å². The van der Waals surface area contributed by atoms with Crippen LogP contribution >= 0.6 is 0 Å². The minimum atomic E-state index is -0.646. The van der Waals surface area contributed by atoms with Crippen LogP contribution in [-0.2, 0) is 9.59 Å². The van der Waals surface area contributed by atoms with Crippen LogP contribution < -0.4 is 11.1 Å². The van der Waals surface area contributed by atoms with Crippen molar-refractivity contribution in [3.63, 3.8) is 0 Å². The molecule has 1 aliphatic heterocycles. The van der Waals surface area contributed by atoms with Crippen LogP contribution in [0.2, 0.25) is 0 Å². The zero-order valence-corrected chi connectivity index (χ0v) is 12.2. The van der Waals surface area contributed by atoms with E-state index in [-0.39, 0.29) is 17.5 Å². The highest BCUT2D eigenvalue weighted by Crippen LogP contribution is 2.21. The van der Waals surface area contributed by atoms with E-state index in [1.54, 1.807) is 6.92 Å². The van der Waals surface area contributed by atoms with Crippen LogP contribution in [0.1, 0.15) is 19.8 Å². The van der Waals surface area contributed by atoms with Crippen molar-refractivity contribution in [2.24, 2.45) is 5.73 Å². The summed E-state index contributed by atoms with van der Waals surface area (Å²) in [6.45, 7) is 2.10. The highest BCUT2D eigenvalue weighted by Gasteiger charge is 2.35. The summed E-state index contributed by atoms with van der Waals surface area (Å²) in [4.78, 5) is 35.8. The molecule has 2 rings (SSSR count). The van der Waals surface area contributed by atoms with Gasteiger partial charge in [0.25, 0.3) is 5.69 Å². The Morgan fingerprint density at radius 3 is 2.59 bits per heavy atom. The number of likely N-dealkylation sites (tertiary alicyclic amines) is 1. The van der Waals surface area contributed by atoms with Gasteiger partial charge in [-0.1, -0.05) is 0 Å². The Bertz CT molecular complexity index is 585. The molecule has 3 N–H and O–H groups in total. The van der Waals surface area contributed by atoms with Gasteiger partial charge in [0.05, 0.1) is 11.0 Å². The molecule has 0 saturated carbocycles. The summed E-state index contributed by atoms with van der Waals surface area (Å²) in [6, 6.07) is 4.36. The Morgan fingerprint density at radius 1 is 1.41 bits per heavy atom. The predicted octanol–water partition coefficient (Wildman–Crippen LogP) is 0.871. The van der Waals surface area contributed by atoms with Crippen molar-refractivity contribution in [2.45, 2.75) is 31.8 Å². The standard InChI is InChI=1S/C14H18N4O4/c1-9(15)14(20)17-8-2-3-12(17)13(19)16-10-4-6-11(7-5-10)18(21)22/h4-7,9,12H,2-3,8,15H2,1H3,(H,16,19). The van der Waals surface area contributed by atoms with Gasteiger partial charge in [-0.25, -0.2) is 0 Å². The molecule has 2 amide bonds. The monoisotopic (exact) mass is 306 g/mol. The molecule has 8 nitrogen and oxygen atoms in total. The van der Waals surface area contributed by atoms with Crippen LogP contribution in [0.5, 0.6) is 0 Å². The third kappa shape index (κ3) is 3.40. The maximum absolute atomic E-state index is 12.3. The van der Waals surface area contributed by atoms with Crippen LogP contribution in [0.3, 0.4) is 0 Å². The van der Waals surface area contributed by atoms with Gasteiger partial charge in [0, 0.05) is 24.4 Å². The second kappa shape index (κ2) is 6.52. The van der Waals surface area contributed by atoms with Gasteiger partial charge in [-0.3, -0.25) is 19.7 Å². The van der Waals surface area contributed by atoms with Gasteiger partial charge in [0.2, 0.25) is 11.8 Å². The third-order valence-electron chi connectivity index (χ3n) is 3.57. The minimum absolute atomic E-state index is 0.0485. The van der Waals surface area contributed by atoms with Gasteiger partial charge >= 0.3 is 0 Å². The number of carbonyl (C=O) groups is 2. The Balaban J connectivity index is 2.05. The molecule has 0 spiro atoms. The first-order valence-corrected chi connectivity index (χ1v) is 7.01. The van der Waals surface area contributed by atoms with E-state index >= 15 is 0 Å². The average Bonchev–Trinajstić information content (AvgIpc) is 2.96. The third-order valence-corrected chi connectivity index (χ3v) is 3.57. The topological polar surface area (TPSA) is 119 Å². The molecular formula is C14H18N4O4. The van der Waals surface area contributed by atoms with E-state index in [1.807, 2.05) is 0 Å². The highest BCUT2D eigenvalue weighted by atomic mass is 16.6. The van der Waals surface area contributed by atoms with Crippen molar-refractivity contribution in [2.75, 3.05) is 11.9 Å². The van der Waals surface area contributed by atoms with Crippen molar-refractivity contribution >= 4 is 23.2 Å². The molecule has 1 saturated heterocycles. The summed E-state index contributed by atoms with van der Waals surface area (Å²) in [7, 11) is 0. The zero-order chi connectivity index (χ0) is 16.3. The predicted molar refractivity (Wildman–Crippen MR) is 80.1 cm³/mol. The van der Waals surface area contributed by atoms with Gasteiger partial charge < -0.3 is 16.0 Å². The summed E-state index contributed by atoms with van der Waals surface area (Å²) in [5.41, 5.74) is 5.99. The van der Waals surface area contributed by atoms with Crippen molar-refractivity contribution in [3.8, 4) is 0 Å². The van der Waals surface area contributed by atoms with E-state index in [2.05, 4.69) is 5.32 Å². The summed E-state index contributed by atoms with van der Waals surface area (Å²) in [5.74, 6) is -0.554. The maximum Gasteiger partial charge on any atom is 0.269 e. The number of nitro groups is 1. The number of carbonyl (C=O) groups excluding carboxylic acids is 2. The van der Waals surface area contributed by atoms with E-state index in [4.69, 9.17) is 5.73 Å². The molecular weight excluding hydrogens is 288 g/mol. The van der Waals surface area contributed by atoms with Crippen molar-refractivity contribution in [1.82, 2.24) is 4.90 Å². The smallest absolute Gasteiger partial charge is 0.269 e. The second-order valence-electron chi connectivity index (χ2n) is 5.27. The average molecular weight is 306 g/mol. The van der Waals surface area contributed by atoms with Crippen LogP contribution in [0.4, 0.5) is 11.4 Å². The van der Waals surface area contributed by atoms with Crippen molar-refractivity contribution in [3.05, 3.63) is 34.4 Å². The van der Waals surface area contributed by atoms with Gasteiger partial charge in [0.15, 0.2) is 0 Å². The Morgan fingerprint density at radius 2 is 2.05 bits per heavy atom. The van der Waals surface area contributed by atoms with Crippen LogP contribution in [0, 0.1) is 10.1 Å². The summed E-state index contributed by atoms with van der Waals surface area (Å²) in [6.07, 6.45) is 1.33. The number of anilines is 1. The van der Waals surface area contributed by atoms with Crippen molar-refractivity contribution < 1.29 is 14.5 Å². The molecule has 1 fully saturated rings. The highest BCUT2D eigenvalue weighted by molar-refractivity contribution is 5.98. The molecule has 8 heteroatoms. The van der Waals surface area contributed by atoms with Crippen LogP contribution in [-0.4, -0.2) is 40.3 Å². The molecule has 1 aliphatic rings. The fraction of sp³-hybridized carbons (Fsp3) is 0.429. The molecule has 118 valence electrons. The van der Waals surface area contributed by atoms with E-state index in [0.29, 0.717) is 18.7 Å². The van der Waals surface area contributed by atoms with E-state index in [9.17, 15) is 19.7 Å². The first-order valence-electron chi connectivity index (χ1n) is 7.01. The van der Waals surface area contributed by atoms with E-state index in [0.717, 1.165) is 6.42 Å². The molecule has 2 unspecified atom stereocenters. The largest absolute Gasteiger partial charge is 0.329 e. The lowest BCUT2D eigenvalue weighted by molar-refractivity contribution is -0.384. The number of rotatable bonds is 4. The summed E-state index contributed by atoms with van der Waals surface area (Å²) >= 11 is 0. The second-order valence-corrected chi connectivity index (χ2v) is 5.27. The molecule has 1 heterocycles. The fourth-order valence-electron chi connectivity index (χ4n) is 2.46. The summed E-state index contributed by atoms with van der Waals surface area (Å²) < 4.78 is 0. The van der Waals surface area contributed by atoms with Crippen LogP contribution in [0.25, 0.3) is 0 Å². The molecule has 2 atom stereocenters.